The summed E-state index contributed by atoms with van der Waals surface area (Å²) in [7, 11) is 0. The van der Waals surface area contributed by atoms with E-state index in [1.165, 1.54) is 6.07 Å². The number of pyridine rings is 1. The second kappa shape index (κ2) is 11.1. The van der Waals surface area contributed by atoms with Crippen LogP contribution >= 0.6 is 11.6 Å². The van der Waals surface area contributed by atoms with Gasteiger partial charge in [0.2, 0.25) is 0 Å². The van der Waals surface area contributed by atoms with Crippen LogP contribution in [0.5, 0.6) is 11.5 Å². The van der Waals surface area contributed by atoms with Crippen molar-refractivity contribution in [3.8, 4) is 11.5 Å². The van der Waals surface area contributed by atoms with Crippen LogP contribution in [0.15, 0.2) is 54.6 Å². The molecule has 7 rings (SSSR count). The second-order valence-corrected chi connectivity index (χ2v) is 11.5. The number of hydrogen-bond acceptors (Lipinski definition) is 8. The molecule has 3 aliphatic heterocycles. The van der Waals surface area contributed by atoms with E-state index < -0.39 is 5.97 Å². The molecule has 5 heterocycles. The Morgan fingerprint density at radius 1 is 1.10 bits per heavy atom. The van der Waals surface area contributed by atoms with Crippen molar-refractivity contribution in [2.75, 3.05) is 37.7 Å². The van der Waals surface area contributed by atoms with Gasteiger partial charge in [0.1, 0.15) is 17.9 Å². The third-order valence-electron chi connectivity index (χ3n) is 8.37. The maximum absolute atomic E-state index is 11.6. The van der Waals surface area contributed by atoms with Gasteiger partial charge < -0.3 is 28.8 Å². The highest BCUT2D eigenvalue weighted by molar-refractivity contribution is 6.30. The van der Waals surface area contributed by atoms with Crippen LogP contribution < -0.4 is 14.4 Å². The summed E-state index contributed by atoms with van der Waals surface area (Å²) in [5.41, 5.74) is 3.38. The molecule has 0 aliphatic carbocycles. The number of aromatic carboxylic acids is 1. The minimum atomic E-state index is -1.05. The van der Waals surface area contributed by atoms with Gasteiger partial charge in [0.15, 0.2) is 28.9 Å². The Balaban J connectivity index is 1.08. The van der Waals surface area contributed by atoms with Gasteiger partial charge in [-0.1, -0.05) is 29.8 Å². The Labute approximate surface area is 248 Å². The van der Waals surface area contributed by atoms with Gasteiger partial charge >= 0.3 is 5.97 Å². The number of piperazine rings is 1. The largest absolute Gasteiger partial charge is 0.483 e. The van der Waals surface area contributed by atoms with Gasteiger partial charge in [0.05, 0.1) is 24.9 Å². The van der Waals surface area contributed by atoms with Crippen molar-refractivity contribution in [2.24, 2.45) is 0 Å². The summed E-state index contributed by atoms with van der Waals surface area (Å²) >= 11 is 6.06. The number of rotatable bonds is 7. The van der Waals surface area contributed by atoms with E-state index in [1.807, 2.05) is 41.0 Å². The lowest BCUT2D eigenvalue weighted by molar-refractivity contribution is -0.0593. The number of benzene rings is 2. The summed E-state index contributed by atoms with van der Waals surface area (Å²) in [6.07, 6.45) is 0.878. The number of fused-ring (bicyclic) bond motifs is 2. The van der Waals surface area contributed by atoms with Crippen LogP contribution in [0.3, 0.4) is 0 Å². The summed E-state index contributed by atoms with van der Waals surface area (Å²) < 4.78 is 20.4. The number of para-hydroxylation sites is 1. The maximum atomic E-state index is 11.6. The van der Waals surface area contributed by atoms with Crippen LogP contribution in [0, 0.1) is 0 Å². The van der Waals surface area contributed by atoms with E-state index in [9.17, 15) is 9.90 Å². The molecule has 0 saturated carbocycles. The zero-order chi connectivity index (χ0) is 28.8. The molecule has 0 bridgehead atoms. The number of carboxylic acids is 1. The second-order valence-electron chi connectivity index (χ2n) is 11.1. The van der Waals surface area contributed by atoms with Gasteiger partial charge in [0, 0.05) is 37.3 Å². The summed E-state index contributed by atoms with van der Waals surface area (Å²) in [4.78, 5) is 25.7. The molecule has 10 nitrogen and oxygen atoms in total. The number of anilines is 1. The molecule has 0 amide bonds. The quantitative estimate of drug-likeness (QED) is 0.326. The fourth-order valence-corrected chi connectivity index (χ4v) is 6.05. The van der Waals surface area contributed by atoms with Crippen LogP contribution in [0.4, 0.5) is 5.69 Å². The highest BCUT2D eigenvalue weighted by Crippen LogP contribution is 2.44. The van der Waals surface area contributed by atoms with E-state index >= 15 is 0 Å². The molecule has 3 aliphatic rings. The number of aromatic nitrogens is 3. The Bertz CT molecular complexity index is 1620. The molecule has 2 saturated heterocycles. The first kappa shape index (κ1) is 27.0. The molecule has 2 fully saturated rings. The van der Waals surface area contributed by atoms with Crippen molar-refractivity contribution in [3.05, 3.63) is 76.7 Å². The summed E-state index contributed by atoms with van der Waals surface area (Å²) in [6, 6.07) is 17.2. The van der Waals surface area contributed by atoms with Crippen molar-refractivity contribution in [3.63, 3.8) is 0 Å². The molecule has 4 aromatic rings. The third-order valence-corrected chi connectivity index (χ3v) is 8.62. The Morgan fingerprint density at radius 2 is 1.93 bits per heavy atom. The number of carboxylic acid groups (broad SMARTS) is 1. The Morgan fingerprint density at radius 3 is 2.67 bits per heavy atom. The molecule has 1 N–H and O–H groups in total. The van der Waals surface area contributed by atoms with Crippen molar-refractivity contribution < 1.29 is 24.1 Å². The average Bonchev–Trinajstić information content (AvgIpc) is 3.31. The van der Waals surface area contributed by atoms with Gasteiger partial charge in [-0.15, -0.1) is 0 Å². The Hall–Kier alpha value is -3.86. The van der Waals surface area contributed by atoms with Gasteiger partial charge in [-0.05, 0) is 55.3 Å². The predicted octanol–water partition coefficient (Wildman–Crippen LogP) is 4.80. The molecule has 11 heteroatoms. The van der Waals surface area contributed by atoms with E-state index in [0.29, 0.717) is 35.9 Å². The van der Waals surface area contributed by atoms with Crippen molar-refractivity contribution in [1.29, 1.82) is 0 Å². The highest BCUT2D eigenvalue weighted by atomic mass is 35.5. The monoisotopic (exact) mass is 589 g/mol. The van der Waals surface area contributed by atoms with Gasteiger partial charge in [-0.3, -0.25) is 4.90 Å². The van der Waals surface area contributed by atoms with E-state index in [1.54, 1.807) is 6.07 Å². The third kappa shape index (κ3) is 5.14. The zero-order valence-electron chi connectivity index (χ0n) is 23.3. The maximum Gasteiger partial charge on any atom is 0.354 e. The first-order valence-electron chi connectivity index (χ1n) is 14.3. The van der Waals surface area contributed by atoms with E-state index in [0.717, 1.165) is 61.2 Å². The van der Waals surface area contributed by atoms with Gasteiger partial charge in [-0.2, -0.15) is 0 Å². The summed E-state index contributed by atoms with van der Waals surface area (Å²) in [5.74, 6) is 1.35. The van der Waals surface area contributed by atoms with Gasteiger partial charge in [-0.25, -0.2) is 14.8 Å². The van der Waals surface area contributed by atoms with E-state index in [-0.39, 0.29) is 23.9 Å². The lowest BCUT2D eigenvalue weighted by Crippen LogP contribution is -2.52. The van der Waals surface area contributed by atoms with Crippen LogP contribution in [-0.2, 0) is 17.8 Å². The SMILES string of the molecule is CC1CN(c2cccc3c2OCC(c2ccc(Cl)cc2)O3)CCN1Cc1nc2ccc(C(=O)O)nc2n1CC1CCO1. The minimum Gasteiger partial charge on any atom is -0.483 e. The van der Waals surface area contributed by atoms with Crippen LogP contribution in [0.25, 0.3) is 11.2 Å². The average molecular weight is 590 g/mol. The number of hydrogen-bond donors (Lipinski definition) is 1. The number of halogens is 1. The number of imidazole rings is 1. The Kier molecular flexibility index (Phi) is 7.13. The zero-order valence-corrected chi connectivity index (χ0v) is 24.0. The van der Waals surface area contributed by atoms with E-state index in [4.69, 9.17) is 30.8 Å². The predicted molar refractivity (Wildman–Crippen MR) is 158 cm³/mol. The molecule has 3 unspecified atom stereocenters. The van der Waals surface area contributed by atoms with Crippen molar-refractivity contribution in [1.82, 2.24) is 19.4 Å². The number of ether oxygens (including phenoxy) is 3. The standard InChI is InChI=1S/C31H32ClN5O5/c1-19-15-36(25-3-2-4-26-29(25)41-18-27(42-26)20-5-7-21(32)8-6-20)13-12-35(19)17-28-33-23-9-10-24(31(38)39)34-30(23)37(28)16-22-11-14-40-22/h2-10,19,22,27H,11-18H2,1H3,(H,38,39). The minimum absolute atomic E-state index is 0.0172. The van der Waals surface area contributed by atoms with Crippen LogP contribution in [0.2, 0.25) is 5.02 Å². The molecular weight excluding hydrogens is 558 g/mol. The van der Waals surface area contributed by atoms with Crippen LogP contribution in [0.1, 0.15) is 41.3 Å². The lowest BCUT2D eigenvalue weighted by Gasteiger charge is -2.42. The molecule has 2 aromatic heterocycles. The smallest absolute Gasteiger partial charge is 0.354 e. The fourth-order valence-electron chi connectivity index (χ4n) is 5.92. The highest BCUT2D eigenvalue weighted by Gasteiger charge is 2.31. The van der Waals surface area contributed by atoms with E-state index in [2.05, 4.69) is 27.8 Å². The number of nitrogens with zero attached hydrogens (tertiary/aromatic N) is 5. The lowest BCUT2D eigenvalue weighted by atomic mass is 10.1. The summed E-state index contributed by atoms with van der Waals surface area (Å²) in [6.45, 7) is 7.11. The van der Waals surface area contributed by atoms with Crippen molar-refractivity contribution in [2.45, 2.75) is 44.7 Å². The molecule has 42 heavy (non-hydrogen) atoms. The van der Waals surface area contributed by atoms with Crippen LogP contribution in [-0.4, -0.2) is 75.5 Å². The number of carbonyl (C=O) groups is 1. The normalized spacial score (nSPS) is 22.2. The topological polar surface area (TPSA) is 102 Å². The van der Waals surface area contributed by atoms with Crippen molar-refractivity contribution >= 4 is 34.4 Å². The molecule has 218 valence electrons. The first-order valence-corrected chi connectivity index (χ1v) is 14.7. The molecule has 2 aromatic carbocycles. The fraction of sp³-hybridized carbons (Fsp3) is 0.387. The summed E-state index contributed by atoms with van der Waals surface area (Å²) in [5, 5.41) is 10.2. The van der Waals surface area contributed by atoms with Gasteiger partial charge in [0.25, 0.3) is 0 Å². The molecule has 0 spiro atoms. The molecular formula is C31H32ClN5O5. The molecule has 0 radical (unpaired) electrons. The molecule has 3 atom stereocenters. The first-order chi connectivity index (χ1) is 20.4.